The zero-order valence-corrected chi connectivity index (χ0v) is 10.6. The molecule has 80 valence electrons. The van der Waals surface area contributed by atoms with E-state index in [9.17, 15) is 0 Å². The third-order valence-corrected chi connectivity index (χ3v) is 4.02. The van der Waals surface area contributed by atoms with Crippen molar-refractivity contribution in [2.45, 2.75) is 19.6 Å². The summed E-state index contributed by atoms with van der Waals surface area (Å²) in [6, 6.07) is 0. The van der Waals surface area contributed by atoms with Gasteiger partial charge in [-0.25, -0.2) is 9.97 Å². The summed E-state index contributed by atoms with van der Waals surface area (Å²) in [7, 11) is 0. The van der Waals surface area contributed by atoms with E-state index < -0.39 is 0 Å². The van der Waals surface area contributed by atoms with Crippen LogP contribution in [-0.4, -0.2) is 16.2 Å². The maximum Gasteiger partial charge on any atom is 0.142 e. The van der Waals surface area contributed by atoms with Crippen LogP contribution in [-0.2, 0) is 5.75 Å². The van der Waals surface area contributed by atoms with E-state index >= 15 is 0 Å². The number of aromatic nitrogens is 2. The highest BCUT2D eigenvalue weighted by Gasteiger charge is 2.11. The number of nitrogen functional groups attached to an aromatic ring is 1. The van der Waals surface area contributed by atoms with Crippen molar-refractivity contribution in [3.05, 3.63) is 16.3 Å². The van der Waals surface area contributed by atoms with Crippen molar-refractivity contribution >= 4 is 39.1 Å². The highest BCUT2D eigenvalue weighted by molar-refractivity contribution is 7.97. The van der Waals surface area contributed by atoms with E-state index in [1.807, 2.05) is 6.26 Å². The van der Waals surface area contributed by atoms with Gasteiger partial charge >= 0.3 is 0 Å². The van der Waals surface area contributed by atoms with E-state index in [2.05, 4.69) is 23.8 Å². The molecular weight excluding hydrogens is 226 g/mol. The van der Waals surface area contributed by atoms with Gasteiger partial charge in [0.05, 0.1) is 11.1 Å². The zero-order valence-electron chi connectivity index (χ0n) is 9.00. The van der Waals surface area contributed by atoms with Crippen molar-refractivity contribution < 1.29 is 0 Å². The molecule has 0 aliphatic heterocycles. The number of rotatable bonds is 2. The molecule has 0 fully saturated rings. The summed E-state index contributed by atoms with van der Waals surface area (Å²) >= 11 is 3.40. The molecule has 2 aromatic heterocycles. The van der Waals surface area contributed by atoms with Crippen LogP contribution in [0, 0.1) is 13.8 Å². The standard InChI is InChI=1S/C10H13N3S2/c1-5-6(2)15-10-8(5)9(11)12-7(13-10)4-14-3/h4H2,1-3H3,(H2,11,12,13). The summed E-state index contributed by atoms with van der Waals surface area (Å²) in [5, 5.41) is 1.03. The van der Waals surface area contributed by atoms with Gasteiger partial charge in [-0.05, 0) is 25.7 Å². The average Bonchev–Trinajstić information content (AvgIpc) is 2.43. The van der Waals surface area contributed by atoms with Crippen LogP contribution in [0.4, 0.5) is 5.82 Å². The quantitative estimate of drug-likeness (QED) is 0.875. The monoisotopic (exact) mass is 239 g/mol. The first-order valence-corrected chi connectivity index (χ1v) is 6.85. The van der Waals surface area contributed by atoms with Gasteiger partial charge in [0.1, 0.15) is 16.5 Å². The minimum absolute atomic E-state index is 0.617. The lowest BCUT2D eigenvalue weighted by Gasteiger charge is -2.01. The number of aryl methyl sites for hydroxylation is 2. The summed E-state index contributed by atoms with van der Waals surface area (Å²) in [6.45, 7) is 4.16. The molecule has 0 radical (unpaired) electrons. The molecular formula is C10H13N3S2. The second kappa shape index (κ2) is 3.98. The number of nitrogens with two attached hydrogens (primary N) is 1. The molecule has 2 N–H and O–H groups in total. The summed E-state index contributed by atoms with van der Waals surface area (Å²) < 4.78 is 0. The topological polar surface area (TPSA) is 51.8 Å². The molecule has 15 heavy (non-hydrogen) atoms. The van der Waals surface area contributed by atoms with Crippen molar-refractivity contribution in [3.8, 4) is 0 Å². The predicted octanol–water partition coefficient (Wildman–Crippen LogP) is 2.75. The summed E-state index contributed by atoms with van der Waals surface area (Å²) in [6.07, 6.45) is 2.04. The fraction of sp³-hybridized carbons (Fsp3) is 0.400. The molecule has 2 aromatic rings. The second-order valence-corrected chi connectivity index (χ2v) is 5.49. The highest BCUT2D eigenvalue weighted by atomic mass is 32.2. The Kier molecular flexibility index (Phi) is 2.84. The number of anilines is 1. The van der Waals surface area contributed by atoms with Gasteiger partial charge in [0, 0.05) is 4.88 Å². The van der Waals surface area contributed by atoms with Crippen LogP contribution in [0.1, 0.15) is 16.3 Å². The van der Waals surface area contributed by atoms with Crippen LogP contribution in [0.3, 0.4) is 0 Å². The van der Waals surface area contributed by atoms with Gasteiger partial charge in [0.25, 0.3) is 0 Å². The molecule has 0 saturated carbocycles. The molecule has 0 saturated heterocycles. The Labute approximate surface area is 97.1 Å². The molecule has 0 amide bonds. The fourth-order valence-corrected chi connectivity index (χ4v) is 2.96. The van der Waals surface area contributed by atoms with E-state index in [0.717, 1.165) is 21.8 Å². The second-order valence-electron chi connectivity index (χ2n) is 3.42. The van der Waals surface area contributed by atoms with Gasteiger partial charge in [0.2, 0.25) is 0 Å². The highest BCUT2D eigenvalue weighted by Crippen LogP contribution is 2.32. The molecule has 2 heterocycles. The van der Waals surface area contributed by atoms with Crippen LogP contribution in [0.15, 0.2) is 0 Å². The molecule has 3 nitrogen and oxygen atoms in total. The van der Waals surface area contributed by atoms with E-state index in [1.54, 1.807) is 23.1 Å². The zero-order chi connectivity index (χ0) is 11.0. The number of nitrogens with zero attached hydrogens (tertiary/aromatic N) is 2. The minimum Gasteiger partial charge on any atom is -0.383 e. The molecule has 0 bridgehead atoms. The number of fused-ring (bicyclic) bond motifs is 1. The van der Waals surface area contributed by atoms with E-state index in [0.29, 0.717) is 5.82 Å². The maximum atomic E-state index is 5.95. The van der Waals surface area contributed by atoms with Gasteiger partial charge in [-0.15, -0.1) is 11.3 Å². The SMILES string of the molecule is CSCc1nc(N)c2c(C)c(C)sc2n1. The van der Waals surface area contributed by atoms with Crippen LogP contribution >= 0.6 is 23.1 Å². The number of thiophene rings is 1. The molecule has 5 heteroatoms. The minimum atomic E-state index is 0.617. The van der Waals surface area contributed by atoms with Crippen LogP contribution in [0.5, 0.6) is 0 Å². The molecule has 2 rings (SSSR count). The molecule has 0 spiro atoms. The lowest BCUT2D eigenvalue weighted by molar-refractivity contribution is 1.08. The molecule has 0 aliphatic carbocycles. The van der Waals surface area contributed by atoms with E-state index in [1.165, 1.54) is 10.4 Å². The smallest absolute Gasteiger partial charge is 0.142 e. The maximum absolute atomic E-state index is 5.95. The average molecular weight is 239 g/mol. The van der Waals surface area contributed by atoms with Crippen LogP contribution in [0.2, 0.25) is 0 Å². The molecule has 0 aromatic carbocycles. The number of thioether (sulfide) groups is 1. The van der Waals surface area contributed by atoms with Gasteiger partial charge in [0.15, 0.2) is 0 Å². The van der Waals surface area contributed by atoms with Crippen molar-refractivity contribution in [3.63, 3.8) is 0 Å². The normalized spacial score (nSPS) is 11.1. The fourth-order valence-electron chi connectivity index (χ4n) is 1.52. The molecule has 0 aliphatic rings. The Morgan fingerprint density at radius 1 is 1.33 bits per heavy atom. The van der Waals surface area contributed by atoms with Crippen LogP contribution < -0.4 is 5.73 Å². The first kappa shape index (κ1) is 10.7. The molecule has 0 atom stereocenters. The van der Waals surface area contributed by atoms with E-state index in [4.69, 9.17) is 5.73 Å². The Morgan fingerprint density at radius 2 is 2.07 bits per heavy atom. The number of hydrogen-bond donors (Lipinski definition) is 1. The largest absolute Gasteiger partial charge is 0.383 e. The van der Waals surface area contributed by atoms with Gasteiger partial charge in [-0.2, -0.15) is 11.8 Å². The Morgan fingerprint density at radius 3 is 2.73 bits per heavy atom. The van der Waals surface area contributed by atoms with Crippen LogP contribution in [0.25, 0.3) is 10.2 Å². The number of hydrogen-bond acceptors (Lipinski definition) is 5. The lowest BCUT2D eigenvalue weighted by Crippen LogP contribution is -1.98. The third kappa shape index (κ3) is 1.81. The first-order valence-electron chi connectivity index (χ1n) is 4.64. The predicted molar refractivity (Wildman–Crippen MR) is 68.5 cm³/mol. The van der Waals surface area contributed by atoms with Crippen molar-refractivity contribution in [2.24, 2.45) is 0 Å². The lowest BCUT2D eigenvalue weighted by atomic mass is 10.2. The Balaban J connectivity index is 2.67. The Bertz CT molecular complexity index is 505. The van der Waals surface area contributed by atoms with Crippen molar-refractivity contribution in [1.82, 2.24) is 9.97 Å². The van der Waals surface area contributed by atoms with Crippen molar-refractivity contribution in [1.29, 1.82) is 0 Å². The first-order chi connectivity index (χ1) is 7.13. The third-order valence-electron chi connectivity index (χ3n) is 2.38. The van der Waals surface area contributed by atoms with E-state index in [-0.39, 0.29) is 0 Å². The summed E-state index contributed by atoms with van der Waals surface area (Å²) in [5.74, 6) is 2.26. The van der Waals surface area contributed by atoms with Gasteiger partial charge in [-0.1, -0.05) is 0 Å². The van der Waals surface area contributed by atoms with Gasteiger partial charge in [-0.3, -0.25) is 0 Å². The summed E-state index contributed by atoms with van der Waals surface area (Å²) in [5.41, 5.74) is 7.16. The summed E-state index contributed by atoms with van der Waals surface area (Å²) in [4.78, 5) is 11.1. The molecule has 0 unspecified atom stereocenters. The van der Waals surface area contributed by atoms with Gasteiger partial charge < -0.3 is 5.73 Å². The van der Waals surface area contributed by atoms with Crippen molar-refractivity contribution in [2.75, 3.05) is 12.0 Å². The Hall–Kier alpha value is -0.810.